The third-order valence-corrected chi connectivity index (χ3v) is 2.48. The quantitative estimate of drug-likeness (QED) is 0.528. The molecule has 1 heterocycles. The summed E-state index contributed by atoms with van der Waals surface area (Å²) in [5.41, 5.74) is 5.36. The van der Waals surface area contributed by atoms with Crippen LogP contribution in [-0.4, -0.2) is 34.4 Å². The van der Waals surface area contributed by atoms with Gasteiger partial charge >= 0.3 is 0 Å². The highest BCUT2D eigenvalue weighted by Crippen LogP contribution is 2.21. The van der Waals surface area contributed by atoms with Crippen LogP contribution in [0.5, 0.6) is 0 Å². The van der Waals surface area contributed by atoms with E-state index in [-0.39, 0.29) is 11.8 Å². The van der Waals surface area contributed by atoms with E-state index >= 15 is 0 Å². The van der Waals surface area contributed by atoms with Gasteiger partial charge in [0, 0.05) is 7.05 Å². The maximum absolute atomic E-state index is 9.33. The molecule has 1 rings (SSSR count). The van der Waals surface area contributed by atoms with Crippen LogP contribution in [0.1, 0.15) is 0 Å². The number of hydrogen-bond donors (Lipinski definition) is 3. The summed E-state index contributed by atoms with van der Waals surface area (Å²) in [7, 11) is 1.52. The van der Waals surface area contributed by atoms with Gasteiger partial charge in [0.2, 0.25) is 0 Å². The molecule has 0 fully saturated rings. The first-order valence-electron chi connectivity index (χ1n) is 2.87. The Balaban J connectivity index is 3.01. The van der Waals surface area contributed by atoms with Gasteiger partial charge in [0.05, 0.1) is 3.58 Å². The van der Waals surface area contributed by atoms with Crippen molar-refractivity contribution in [2.75, 3.05) is 7.05 Å². The van der Waals surface area contributed by atoms with Gasteiger partial charge in [-0.15, -0.1) is 0 Å². The van der Waals surface area contributed by atoms with Crippen molar-refractivity contribution in [3.8, 4) is 0 Å². The largest absolute Gasteiger partial charge is 0.480 e. The monoisotopic (exact) mass is 269 g/mol. The van der Waals surface area contributed by atoms with Crippen molar-refractivity contribution >= 4 is 28.6 Å². The summed E-state index contributed by atoms with van der Waals surface area (Å²) in [6.45, 7) is 0. The number of likely N-dealkylation sites (N-methyl/N-ethyl adjacent to an activating group) is 1. The lowest BCUT2D eigenvalue weighted by Crippen LogP contribution is -2.40. The van der Waals surface area contributed by atoms with E-state index in [9.17, 15) is 5.11 Å². The zero-order chi connectivity index (χ0) is 8.59. The number of hydrogen-bond acceptors (Lipinski definition) is 4. The molecule has 5 nitrogen and oxygen atoms in total. The molecule has 0 aromatic rings. The number of amidine groups is 1. The van der Waals surface area contributed by atoms with E-state index in [4.69, 9.17) is 10.8 Å². The average Bonchev–Trinajstić information content (AvgIpc) is 1.97. The summed E-state index contributed by atoms with van der Waals surface area (Å²) in [5.74, 6) is 0.161. The zero-order valence-corrected chi connectivity index (χ0v) is 7.98. The highest BCUT2D eigenvalue weighted by Gasteiger charge is 2.24. The molecule has 0 radical (unpaired) electrons. The third kappa shape index (κ3) is 1.41. The SMILES string of the molecule is CN1C(O)=NC(N)=C(I)C1O. The van der Waals surface area contributed by atoms with Crippen LogP contribution in [0.15, 0.2) is 14.4 Å². The highest BCUT2D eigenvalue weighted by molar-refractivity contribution is 14.1. The van der Waals surface area contributed by atoms with Crippen molar-refractivity contribution in [1.29, 1.82) is 0 Å². The Morgan fingerprint density at radius 1 is 1.73 bits per heavy atom. The summed E-state index contributed by atoms with van der Waals surface area (Å²) in [6.07, 6.45) is -0.881. The molecule has 0 saturated heterocycles. The summed E-state index contributed by atoms with van der Waals surface area (Å²) in [6, 6.07) is -0.268. The first kappa shape index (κ1) is 8.60. The minimum atomic E-state index is -0.881. The van der Waals surface area contributed by atoms with E-state index in [1.807, 2.05) is 22.6 Å². The summed E-state index contributed by atoms with van der Waals surface area (Å²) in [4.78, 5) is 4.80. The first-order valence-corrected chi connectivity index (χ1v) is 3.95. The number of rotatable bonds is 0. The van der Waals surface area contributed by atoms with Crippen molar-refractivity contribution in [3.05, 3.63) is 9.40 Å². The van der Waals surface area contributed by atoms with Crippen LogP contribution in [0.3, 0.4) is 0 Å². The fourth-order valence-corrected chi connectivity index (χ4v) is 1.19. The number of halogens is 1. The van der Waals surface area contributed by atoms with Crippen LogP contribution in [0, 0.1) is 0 Å². The second-order valence-corrected chi connectivity index (χ2v) is 3.29. The Kier molecular flexibility index (Phi) is 2.23. The molecule has 0 spiro atoms. The van der Waals surface area contributed by atoms with E-state index in [2.05, 4.69) is 4.99 Å². The lowest BCUT2D eigenvalue weighted by Gasteiger charge is -2.26. The molecule has 1 unspecified atom stereocenters. The number of aliphatic imine (C=N–C) groups is 1. The molecule has 62 valence electrons. The van der Waals surface area contributed by atoms with Crippen LogP contribution in [0.4, 0.5) is 0 Å². The van der Waals surface area contributed by atoms with Crippen LogP contribution in [-0.2, 0) is 0 Å². The van der Waals surface area contributed by atoms with Crippen LogP contribution < -0.4 is 5.73 Å². The normalized spacial score (nSPS) is 25.5. The molecule has 0 amide bonds. The number of nitrogens with zero attached hydrogens (tertiary/aromatic N) is 2. The van der Waals surface area contributed by atoms with E-state index in [1.54, 1.807) is 0 Å². The molecular weight excluding hydrogens is 261 g/mol. The Morgan fingerprint density at radius 2 is 2.27 bits per heavy atom. The third-order valence-electron chi connectivity index (χ3n) is 1.37. The average molecular weight is 269 g/mol. The maximum atomic E-state index is 9.33. The second-order valence-electron chi connectivity index (χ2n) is 2.13. The molecule has 0 bridgehead atoms. The van der Waals surface area contributed by atoms with Gasteiger partial charge in [0.1, 0.15) is 5.82 Å². The van der Waals surface area contributed by atoms with Gasteiger partial charge in [-0.25, -0.2) is 0 Å². The predicted molar refractivity (Wildman–Crippen MR) is 49.1 cm³/mol. The maximum Gasteiger partial charge on any atom is 0.293 e. The standard InChI is InChI=1S/C5H8IN3O2/c1-9-4(10)2(6)3(7)8-5(9)11/h4,10H,7H2,1H3,(H,8,11). The van der Waals surface area contributed by atoms with Gasteiger partial charge in [-0.05, 0) is 22.6 Å². The van der Waals surface area contributed by atoms with Gasteiger partial charge < -0.3 is 15.9 Å². The van der Waals surface area contributed by atoms with Crippen molar-refractivity contribution in [2.24, 2.45) is 10.7 Å². The molecule has 0 aliphatic carbocycles. The fraction of sp³-hybridized carbons (Fsp3) is 0.400. The van der Waals surface area contributed by atoms with E-state index in [1.165, 1.54) is 11.9 Å². The Labute approximate surface area is 77.3 Å². The van der Waals surface area contributed by atoms with Crippen molar-refractivity contribution < 1.29 is 10.2 Å². The van der Waals surface area contributed by atoms with E-state index in [0.717, 1.165) is 0 Å². The lowest BCUT2D eigenvalue weighted by atomic mass is 10.4. The molecule has 0 aromatic heterocycles. The molecule has 6 heteroatoms. The van der Waals surface area contributed by atoms with Crippen molar-refractivity contribution in [3.63, 3.8) is 0 Å². The molecule has 0 saturated carbocycles. The van der Waals surface area contributed by atoms with Gasteiger partial charge in [0.15, 0.2) is 6.23 Å². The van der Waals surface area contributed by atoms with E-state index in [0.29, 0.717) is 3.58 Å². The topological polar surface area (TPSA) is 82.1 Å². The minimum absolute atomic E-state index is 0.161. The molecule has 4 N–H and O–H groups in total. The molecule has 1 atom stereocenters. The number of aliphatic hydroxyl groups excluding tert-OH is 2. The second kappa shape index (κ2) is 2.86. The van der Waals surface area contributed by atoms with E-state index < -0.39 is 6.23 Å². The first-order chi connectivity index (χ1) is 5.04. The number of aliphatic hydroxyl groups is 2. The van der Waals surface area contributed by atoms with Gasteiger partial charge in [-0.3, -0.25) is 4.90 Å². The Bertz CT molecular complexity index is 238. The van der Waals surface area contributed by atoms with Crippen LogP contribution in [0.2, 0.25) is 0 Å². The van der Waals surface area contributed by atoms with Crippen LogP contribution in [0.25, 0.3) is 0 Å². The fourth-order valence-electron chi connectivity index (χ4n) is 0.652. The summed E-state index contributed by atoms with van der Waals surface area (Å²) in [5, 5.41) is 18.4. The Hall–Kier alpha value is -0.500. The number of nitrogens with two attached hydrogens (primary N) is 1. The minimum Gasteiger partial charge on any atom is -0.480 e. The van der Waals surface area contributed by atoms with Gasteiger partial charge in [-0.2, -0.15) is 4.99 Å². The molecular formula is C5H8IN3O2. The highest BCUT2D eigenvalue weighted by atomic mass is 127. The van der Waals surface area contributed by atoms with Crippen molar-refractivity contribution in [1.82, 2.24) is 4.90 Å². The Morgan fingerprint density at radius 3 is 2.82 bits per heavy atom. The summed E-state index contributed by atoms with van der Waals surface area (Å²) >= 11 is 1.88. The summed E-state index contributed by atoms with van der Waals surface area (Å²) < 4.78 is 0.517. The van der Waals surface area contributed by atoms with Gasteiger partial charge in [-0.1, -0.05) is 0 Å². The molecule has 11 heavy (non-hydrogen) atoms. The van der Waals surface area contributed by atoms with Crippen molar-refractivity contribution in [2.45, 2.75) is 6.23 Å². The lowest BCUT2D eigenvalue weighted by molar-refractivity contribution is 0.0939. The smallest absolute Gasteiger partial charge is 0.293 e. The van der Waals surface area contributed by atoms with Crippen LogP contribution >= 0.6 is 22.6 Å². The molecule has 1 aliphatic heterocycles. The van der Waals surface area contributed by atoms with Gasteiger partial charge in [0.25, 0.3) is 6.02 Å². The molecule has 1 aliphatic rings. The predicted octanol–water partition coefficient (Wildman–Crippen LogP) is -0.273. The molecule has 0 aromatic carbocycles. The zero-order valence-electron chi connectivity index (χ0n) is 5.82.